The SMILES string of the molecule is O=C(CNC(=O)C1=C=CC=C1)NC1=C=CC=C1. The van der Waals surface area contributed by atoms with E-state index in [1.165, 1.54) is 0 Å². The molecule has 0 aromatic carbocycles. The van der Waals surface area contributed by atoms with E-state index in [0.717, 1.165) is 0 Å². The molecule has 0 aliphatic heterocycles. The van der Waals surface area contributed by atoms with Crippen molar-refractivity contribution in [1.29, 1.82) is 0 Å². The van der Waals surface area contributed by atoms with Gasteiger partial charge in [-0.1, -0.05) is 17.9 Å². The highest BCUT2D eigenvalue weighted by atomic mass is 16.2. The number of carbonyl (C=O) groups is 2. The number of nitrogens with one attached hydrogen (secondary N) is 2. The van der Waals surface area contributed by atoms with Crippen molar-refractivity contribution in [3.8, 4) is 0 Å². The molecule has 2 rings (SSSR count). The zero-order chi connectivity index (χ0) is 12.1. The number of carbonyl (C=O) groups excluding carboxylic acids is 2. The first-order chi connectivity index (χ1) is 8.25. The lowest BCUT2D eigenvalue weighted by Crippen LogP contribution is -2.36. The summed E-state index contributed by atoms with van der Waals surface area (Å²) in [5.41, 5.74) is 6.62. The van der Waals surface area contributed by atoms with E-state index < -0.39 is 0 Å². The van der Waals surface area contributed by atoms with Gasteiger partial charge in [-0.25, -0.2) is 0 Å². The minimum atomic E-state index is -0.309. The minimum Gasteiger partial charge on any atom is -0.342 e. The Morgan fingerprint density at radius 3 is 2.53 bits per heavy atom. The van der Waals surface area contributed by atoms with Gasteiger partial charge in [0.15, 0.2) is 0 Å². The van der Waals surface area contributed by atoms with Crippen molar-refractivity contribution >= 4 is 11.8 Å². The van der Waals surface area contributed by atoms with E-state index in [1.54, 1.807) is 36.5 Å². The molecule has 0 unspecified atom stereocenters. The van der Waals surface area contributed by atoms with E-state index in [9.17, 15) is 9.59 Å². The molecular weight excluding hydrogens is 216 g/mol. The smallest absolute Gasteiger partial charge is 0.259 e. The molecule has 4 heteroatoms. The molecule has 2 aliphatic rings. The van der Waals surface area contributed by atoms with Crippen LogP contribution in [0.15, 0.2) is 59.2 Å². The normalized spacial score (nSPS) is 14.8. The van der Waals surface area contributed by atoms with E-state index in [4.69, 9.17) is 0 Å². The van der Waals surface area contributed by atoms with E-state index in [2.05, 4.69) is 22.1 Å². The topological polar surface area (TPSA) is 58.2 Å². The zero-order valence-electron chi connectivity index (χ0n) is 8.99. The van der Waals surface area contributed by atoms with E-state index >= 15 is 0 Å². The third-order valence-corrected chi connectivity index (χ3v) is 2.12. The predicted octanol–water partition coefficient (Wildman–Crippen LogP) is 0.479. The molecule has 2 N–H and O–H groups in total. The molecular formula is C13H10N2O2. The van der Waals surface area contributed by atoms with E-state index in [1.807, 2.05) is 0 Å². The summed E-state index contributed by atoms with van der Waals surface area (Å²) in [6.07, 6.45) is 10.2. The first kappa shape index (κ1) is 11.0. The van der Waals surface area contributed by atoms with Crippen LogP contribution in [-0.2, 0) is 9.59 Å². The molecule has 0 fully saturated rings. The third kappa shape index (κ3) is 2.95. The quantitative estimate of drug-likeness (QED) is 0.685. The van der Waals surface area contributed by atoms with Gasteiger partial charge in [0.25, 0.3) is 5.91 Å². The largest absolute Gasteiger partial charge is 0.342 e. The van der Waals surface area contributed by atoms with Crippen LogP contribution in [-0.4, -0.2) is 18.4 Å². The van der Waals surface area contributed by atoms with Crippen molar-refractivity contribution in [1.82, 2.24) is 10.6 Å². The molecule has 4 nitrogen and oxygen atoms in total. The molecule has 84 valence electrons. The Kier molecular flexibility index (Phi) is 3.22. The summed E-state index contributed by atoms with van der Waals surface area (Å²) in [6, 6.07) is 0. The Morgan fingerprint density at radius 1 is 1.12 bits per heavy atom. The summed E-state index contributed by atoms with van der Waals surface area (Å²) in [5.74, 6) is -0.594. The highest BCUT2D eigenvalue weighted by molar-refractivity contribution is 5.98. The molecule has 0 bridgehead atoms. The van der Waals surface area contributed by atoms with Crippen LogP contribution in [0.4, 0.5) is 0 Å². The summed E-state index contributed by atoms with van der Waals surface area (Å²) >= 11 is 0. The molecule has 0 atom stereocenters. The van der Waals surface area contributed by atoms with Gasteiger partial charge in [-0.15, -0.1) is 5.73 Å². The Morgan fingerprint density at radius 2 is 1.88 bits per heavy atom. The van der Waals surface area contributed by atoms with Gasteiger partial charge >= 0.3 is 0 Å². The summed E-state index contributed by atoms with van der Waals surface area (Å²) in [4.78, 5) is 22.9. The van der Waals surface area contributed by atoms with Gasteiger partial charge in [-0.2, -0.15) is 0 Å². The van der Waals surface area contributed by atoms with Gasteiger partial charge in [0, 0.05) is 0 Å². The summed E-state index contributed by atoms with van der Waals surface area (Å²) in [5, 5.41) is 5.10. The van der Waals surface area contributed by atoms with Crippen LogP contribution in [0.5, 0.6) is 0 Å². The molecule has 0 saturated heterocycles. The van der Waals surface area contributed by atoms with Gasteiger partial charge < -0.3 is 10.6 Å². The van der Waals surface area contributed by atoms with Crippen molar-refractivity contribution in [3.63, 3.8) is 0 Å². The summed E-state index contributed by atoms with van der Waals surface area (Å²) < 4.78 is 0. The fraction of sp³-hybridized carbons (Fsp3) is 0.0769. The van der Waals surface area contributed by atoms with E-state index in [0.29, 0.717) is 11.3 Å². The van der Waals surface area contributed by atoms with Crippen LogP contribution < -0.4 is 10.6 Å². The van der Waals surface area contributed by atoms with Gasteiger partial charge in [-0.05, 0) is 24.3 Å². The second-order valence-electron chi connectivity index (χ2n) is 3.40. The molecule has 2 aliphatic carbocycles. The van der Waals surface area contributed by atoms with Crippen LogP contribution in [0.1, 0.15) is 0 Å². The van der Waals surface area contributed by atoms with Crippen molar-refractivity contribution < 1.29 is 9.59 Å². The van der Waals surface area contributed by atoms with Crippen molar-refractivity contribution in [3.05, 3.63) is 59.2 Å². The number of amides is 2. The van der Waals surface area contributed by atoms with Crippen molar-refractivity contribution in [2.24, 2.45) is 0 Å². The monoisotopic (exact) mass is 226 g/mol. The lowest BCUT2D eigenvalue weighted by Gasteiger charge is -2.04. The van der Waals surface area contributed by atoms with Crippen LogP contribution in [0, 0.1) is 0 Å². The highest BCUT2D eigenvalue weighted by Crippen LogP contribution is 2.01. The summed E-state index contributed by atoms with van der Waals surface area (Å²) in [6.45, 7) is -0.0725. The standard InChI is InChI=1S/C13H10N2O2/c16-12(15-11-7-3-4-8-11)9-14-13(17)10-5-1-2-6-10/h1-5,7H,9H2,(H,14,17)(H,15,16). The van der Waals surface area contributed by atoms with Crippen LogP contribution in [0.3, 0.4) is 0 Å². The lowest BCUT2D eigenvalue weighted by atomic mass is 10.3. The first-order valence-corrected chi connectivity index (χ1v) is 5.10. The zero-order valence-corrected chi connectivity index (χ0v) is 8.99. The molecule has 0 heterocycles. The van der Waals surface area contributed by atoms with Crippen LogP contribution in [0.25, 0.3) is 0 Å². The number of allylic oxidation sites excluding steroid dienone is 3. The Hall–Kier alpha value is -2.54. The van der Waals surface area contributed by atoms with Crippen molar-refractivity contribution in [2.75, 3.05) is 6.54 Å². The molecule has 0 radical (unpaired) electrons. The fourth-order valence-electron chi connectivity index (χ4n) is 1.33. The van der Waals surface area contributed by atoms with E-state index in [-0.39, 0.29) is 18.4 Å². The third-order valence-electron chi connectivity index (χ3n) is 2.12. The molecule has 17 heavy (non-hydrogen) atoms. The van der Waals surface area contributed by atoms with Crippen molar-refractivity contribution in [2.45, 2.75) is 0 Å². The molecule has 0 saturated carbocycles. The molecule has 2 amide bonds. The highest BCUT2D eigenvalue weighted by Gasteiger charge is 2.09. The maximum Gasteiger partial charge on any atom is 0.259 e. The Balaban J connectivity index is 1.78. The molecule has 0 aromatic rings. The average Bonchev–Trinajstić information content (AvgIpc) is 2.97. The number of hydrogen-bond donors (Lipinski definition) is 2. The molecule has 0 aromatic heterocycles. The first-order valence-electron chi connectivity index (χ1n) is 5.10. The maximum absolute atomic E-state index is 11.5. The lowest BCUT2D eigenvalue weighted by molar-refractivity contribution is -0.123. The fourth-order valence-corrected chi connectivity index (χ4v) is 1.33. The number of hydrogen-bond acceptors (Lipinski definition) is 2. The van der Waals surface area contributed by atoms with Crippen LogP contribution in [0.2, 0.25) is 0 Å². The van der Waals surface area contributed by atoms with Crippen LogP contribution >= 0.6 is 0 Å². The average molecular weight is 226 g/mol. The Labute approximate surface area is 98.4 Å². The molecule has 0 spiro atoms. The minimum absolute atomic E-state index is 0.0725. The second-order valence-corrected chi connectivity index (χ2v) is 3.40. The Bertz CT molecular complexity index is 552. The van der Waals surface area contributed by atoms with Gasteiger partial charge in [0.05, 0.1) is 17.8 Å². The van der Waals surface area contributed by atoms with Gasteiger partial charge in [0.2, 0.25) is 5.91 Å². The predicted molar refractivity (Wildman–Crippen MR) is 62.6 cm³/mol. The van der Waals surface area contributed by atoms with Gasteiger partial charge in [0.1, 0.15) is 0 Å². The second kappa shape index (κ2) is 4.99. The summed E-state index contributed by atoms with van der Waals surface area (Å²) in [7, 11) is 0. The number of rotatable bonds is 4. The van der Waals surface area contributed by atoms with Gasteiger partial charge in [-0.3, -0.25) is 9.59 Å². The maximum atomic E-state index is 11.5.